The number of furan rings is 1. The van der Waals surface area contributed by atoms with E-state index in [0.717, 1.165) is 24.8 Å². The Morgan fingerprint density at radius 2 is 2.07 bits per heavy atom. The van der Waals surface area contributed by atoms with Crippen LogP contribution in [0.3, 0.4) is 0 Å². The van der Waals surface area contributed by atoms with Gasteiger partial charge in [0, 0.05) is 38.1 Å². The minimum Gasteiger partial charge on any atom is -0.455 e. The molecule has 30 heavy (non-hydrogen) atoms. The van der Waals surface area contributed by atoms with E-state index in [4.69, 9.17) is 8.83 Å². The molecule has 9 nitrogen and oxygen atoms in total. The summed E-state index contributed by atoms with van der Waals surface area (Å²) in [5.74, 6) is 0.653. The summed E-state index contributed by atoms with van der Waals surface area (Å²) >= 11 is 0. The molecule has 10 heteroatoms. The predicted molar refractivity (Wildman–Crippen MR) is 108 cm³/mol. The van der Waals surface area contributed by atoms with E-state index in [1.54, 1.807) is 19.3 Å². The van der Waals surface area contributed by atoms with Gasteiger partial charge in [0.1, 0.15) is 16.7 Å². The Morgan fingerprint density at radius 3 is 2.77 bits per heavy atom. The maximum absolute atomic E-state index is 13.0. The first kappa shape index (κ1) is 20.1. The molecular formula is C20H21N5O4S. The van der Waals surface area contributed by atoms with Gasteiger partial charge in [-0.1, -0.05) is 12.5 Å². The third kappa shape index (κ3) is 3.94. The van der Waals surface area contributed by atoms with Gasteiger partial charge in [0.15, 0.2) is 5.76 Å². The number of sulfonamides is 1. The Balaban J connectivity index is 1.60. The van der Waals surface area contributed by atoms with Gasteiger partial charge < -0.3 is 14.2 Å². The van der Waals surface area contributed by atoms with E-state index in [0.29, 0.717) is 19.6 Å². The summed E-state index contributed by atoms with van der Waals surface area (Å²) in [7, 11) is -3.65. The highest BCUT2D eigenvalue weighted by Crippen LogP contribution is 2.32. The van der Waals surface area contributed by atoms with E-state index < -0.39 is 10.0 Å². The van der Waals surface area contributed by atoms with Crippen LogP contribution in [0, 0.1) is 18.3 Å². The second-order valence-electron chi connectivity index (χ2n) is 7.02. The number of nitriles is 1. The average molecular weight is 427 g/mol. The van der Waals surface area contributed by atoms with Crippen molar-refractivity contribution in [1.29, 1.82) is 5.26 Å². The minimum absolute atomic E-state index is 0.0448. The summed E-state index contributed by atoms with van der Waals surface area (Å²) in [5, 5.41) is 12.4. The number of piperidine rings is 1. The number of anilines is 1. The summed E-state index contributed by atoms with van der Waals surface area (Å²) in [6.07, 6.45) is 6.10. The lowest BCUT2D eigenvalue weighted by Gasteiger charge is -2.25. The van der Waals surface area contributed by atoms with Gasteiger partial charge in [0.05, 0.1) is 0 Å². The zero-order valence-electron chi connectivity index (χ0n) is 16.5. The number of aromatic nitrogens is 2. The second kappa shape index (κ2) is 8.30. The van der Waals surface area contributed by atoms with Crippen LogP contribution in [0.25, 0.3) is 11.7 Å². The number of pyridine rings is 1. The molecule has 0 saturated carbocycles. The fraction of sp³-hybridized carbons (Fsp3) is 0.350. The second-order valence-corrected chi connectivity index (χ2v) is 8.93. The molecule has 4 heterocycles. The number of hydrogen-bond acceptors (Lipinski definition) is 8. The summed E-state index contributed by atoms with van der Waals surface area (Å²) in [4.78, 5) is 8.29. The fourth-order valence-electron chi connectivity index (χ4n) is 3.38. The van der Waals surface area contributed by atoms with Crippen molar-refractivity contribution in [2.45, 2.75) is 37.6 Å². The molecule has 0 atom stereocenters. The van der Waals surface area contributed by atoms with E-state index in [1.165, 1.54) is 10.4 Å². The monoisotopic (exact) mass is 427 g/mol. The van der Waals surface area contributed by atoms with E-state index in [-0.39, 0.29) is 33.9 Å². The van der Waals surface area contributed by atoms with Gasteiger partial charge in [-0.15, -0.1) is 0 Å². The Hall–Kier alpha value is -3.16. The van der Waals surface area contributed by atoms with Crippen molar-refractivity contribution in [3.63, 3.8) is 0 Å². The van der Waals surface area contributed by atoms with Gasteiger partial charge in [0.2, 0.25) is 21.6 Å². The average Bonchev–Trinajstić information content (AvgIpc) is 3.37. The highest BCUT2D eigenvalue weighted by molar-refractivity contribution is 7.89. The Kier molecular flexibility index (Phi) is 5.57. The molecule has 1 N–H and O–H groups in total. The van der Waals surface area contributed by atoms with Crippen molar-refractivity contribution in [3.8, 4) is 17.7 Å². The van der Waals surface area contributed by atoms with Crippen molar-refractivity contribution in [2.24, 2.45) is 0 Å². The molecule has 0 bridgehead atoms. The highest BCUT2D eigenvalue weighted by Gasteiger charge is 2.31. The van der Waals surface area contributed by atoms with Crippen molar-refractivity contribution >= 4 is 15.9 Å². The van der Waals surface area contributed by atoms with Crippen LogP contribution in [0.15, 0.2) is 44.3 Å². The Bertz CT molecular complexity index is 1170. The number of rotatable bonds is 6. The number of oxazole rings is 1. The first-order valence-corrected chi connectivity index (χ1v) is 11.1. The summed E-state index contributed by atoms with van der Waals surface area (Å²) < 4.78 is 38.8. The molecule has 3 aromatic rings. The lowest BCUT2D eigenvalue weighted by molar-refractivity contribution is 0.346. The van der Waals surface area contributed by atoms with Crippen LogP contribution in [0.5, 0.6) is 0 Å². The molecule has 1 aliphatic rings. The van der Waals surface area contributed by atoms with Crippen molar-refractivity contribution in [2.75, 3.05) is 18.4 Å². The molecule has 0 aromatic carbocycles. The van der Waals surface area contributed by atoms with Crippen LogP contribution in [-0.4, -0.2) is 35.8 Å². The maximum atomic E-state index is 13.0. The van der Waals surface area contributed by atoms with E-state index in [9.17, 15) is 13.7 Å². The number of nitrogens with one attached hydrogen (secondary N) is 1. The van der Waals surface area contributed by atoms with E-state index in [2.05, 4.69) is 15.3 Å². The molecular weight excluding hydrogens is 406 g/mol. The standard InChI is InChI=1S/C20H21N5O4S/c1-14-18(30(26,27)25-8-3-2-4-9-25)10-17(28-14)20-24-16(11-21)19(29-20)23-13-15-6-5-7-22-12-15/h5-7,10,12,23H,2-4,8-9,13H2,1H3. The third-order valence-corrected chi connectivity index (χ3v) is 6.93. The smallest absolute Gasteiger partial charge is 0.266 e. The number of nitrogens with zero attached hydrogens (tertiary/aromatic N) is 4. The normalized spacial score (nSPS) is 15.1. The molecule has 0 unspecified atom stereocenters. The zero-order chi connectivity index (χ0) is 21.1. The molecule has 1 fully saturated rings. The Labute approximate surface area is 174 Å². The van der Waals surface area contributed by atoms with Crippen molar-refractivity contribution in [3.05, 3.63) is 47.6 Å². The fourth-order valence-corrected chi connectivity index (χ4v) is 5.06. The van der Waals surface area contributed by atoms with Crippen molar-refractivity contribution < 1.29 is 17.3 Å². The lowest BCUT2D eigenvalue weighted by Crippen LogP contribution is -2.35. The zero-order valence-corrected chi connectivity index (χ0v) is 17.3. The van der Waals surface area contributed by atoms with E-state index >= 15 is 0 Å². The molecule has 1 saturated heterocycles. The molecule has 0 aliphatic carbocycles. The van der Waals surface area contributed by atoms with Gasteiger partial charge >= 0.3 is 0 Å². The topological polar surface area (TPSA) is 125 Å². The van der Waals surface area contributed by atoms with Gasteiger partial charge in [0.25, 0.3) is 5.89 Å². The predicted octanol–water partition coefficient (Wildman–Crippen LogP) is 3.30. The first-order chi connectivity index (χ1) is 14.5. The molecule has 1 aliphatic heterocycles. The minimum atomic E-state index is -3.65. The molecule has 0 amide bonds. The largest absolute Gasteiger partial charge is 0.455 e. The van der Waals surface area contributed by atoms with Crippen LogP contribution in [-0.2, 0) is 16.6 Å². The van der Waals surface area contributed by atoms with Crippen LogP contribution >= 0.6 is 0 Å². The SMILES string of the molecule is Cc1oc(-c2nc(C#N)c(NCc3cccnc3)o2)cc1S(=O)(=O)N1CCCCC1. The summed E-state index contributed by atoms with van der Waals surface area (Å²) in [6, 6.07) is 7.08. The molecule has 156 valence electrons. The van der Waals surface area contributed by atoms with Crippen LogP contribution in [0.4, 0.5) is 5.88 Å². The van der Waals surface area contributed by atoms with Gasteiger partial charge in [-0.2, -0.15) is 14.6 Å². The number of aryl methyl sites for hydroxylation is 1. The van der Waals surface area contributed by atoms with Gasteiger partial charge in [-0.3, -0.25) is 4.98 Å². The Morgan fingerprint density at radius 1 is 1.27 bits per heavy atom. The van der Waals surface area contributed by atoms with Gasteiger partial charge in [-0.25, -0.2) is 8.42 Å². The molecule has 3 aromatic heterocycles. The van der Waals surface area contributed by atoms with Crippen LogP contribution in [0.2, 0.25) is 0 Å². The quantitative estimate of drug-likeness (QED) is 0.635. The number of hydrogen-bond donors (Lipinski definition) is 1. The van der Waals surface area contributed by atoms with Crippen LogP contribution < -0.4 is 5.32 Å². The van der Waals surface area contributed by atoms with Gasteiger partial charge in [-0.05, 0) is 31.4 Å². The summed E-state index contributed by atoms with van der Waals surface area (Å²) in [6.45, 7) is 2.99. The maximum Gasteiger partial charge on any atom is 0.266 e. The molecule has 4 rings (SSSR count). The van der Waals surface area contributed by atoms with E-state index in [1.807, 2.05) is 18.2 Å². The van der Waals surface area contributed by atoms with Crippen LogP contribution in [0.1, 0.15) is 36.3 Å². The molecule has 0 spiro atoms. The summed E-state index contributed by atoms with van der Waals surface area (Å²) in [5.41, 5.74) is 0.964. The molecule has 0 radical (unpaired) electrons. The lowest BCUT2D eigenvalue weighted by atomic mass is 10.2. The van der Waals surface area contributed by atoms with Crippen molar-refractivity contribution in [1.82, 2.24) is 14.3 Å². The third-order valence-electron chi connectivity index (χ3n) is 4.92. The highest BCUT2D eigenvalue weighted by atomic mass is 32.2. The first-order valence-electron chi connectivity index (χ1n) is 9.63.